The zero-order valence-corrected chi connectivity index (χ0v) is 17.6. The summed E-state index contributed by atoms with van der Waals surface area (Å²) in [5, 5.41) is 2.93. The van der Waals surface area contributed by atoms with Gasteiger partial charge in [-0.1, -0.05) is 18.2 Å². The third-order valence-electron chi connectivity index (χ3n) is 5.30. The molecule has 0 spiro atoms. The summed E-state index contributed by atoms with van der Waals surface area (Å²) in [6, 6.07) is 13.3. The summed E-state index contributed by atoms with van der Waals surface area (Å²) >= 11 is 0. The molecule has 1 N–H and O–H groups in total. The first-order chi connectivity index (χ1) is 14.5. The van der Waals surface area contributed by atoms with Gasteiger partial charge in [-0.25, -0.2) is 0 Å². The molecule has 2 amide bonds. The second kappa shape index (κ2) is 10.0. The lowest BCUT2D eigenvalue weighted by atomic mass is 10.1. The lowest BCUT2D eigenvalue weighted by Crippen LogP contribution is -2.33. The van der Waals surface area contributed by atoms with Crippen LogP contribution in [-0.2, 0) is 22.6 Å². The van der Waals surface area contributed by atoms with Crippen LogP contribution in [-0.4, -0.2) is 51.1 Å². The predicted molar refractivity (Wildman–Crippen MR) is 113 cm³/mol. The molecule has 0 unspecified atom stereocenters. The Bertz CT molecular complexity index is 899. The minimum Gasteiger partial charge on any atom is -0.497 e. The van der Waals surface area contributed by atoms with Crippen LogP contribution in [0.2, 0.25) is 0 Å². The molecule has 7 nitrogen and oxygen atoms in total. The van der Waals surface area contributed by atoms with E-state index in [2.05, 4.69) is 5.32 Å². The highest BCUT2D eigenvalue weighted by Gasteiger charge is 2.33. The van der Waals surface area contributed by atoms with Crippen LogP contribution in [0.25, 0.3) is 0 Å². The Morgan fingerprint density at radius 1 is 1.03 bits per heavy atom. The van der Waals surface area contributed by atoms with Crippen molar-refractivity contribution in [1.82, 2.24) is 10.2 Å². The summed E-state index contributed by atoms with van der Waals surface area (Å²) in [6.45, 7) is 1.41. The number of hydrogen-bond donors (Lipinski definition) is 1. The number of hydrogen-bond acceptors (Lipinski definition) is 5. The number of carbonyl (C=O) groups excluding carboxylic acids is 2. The van der Waals surface area contributed by atoms with Gasteiger partial charge in [0.25, 0.3) is 0 Å². The first-order valence-electron chi connectivity index (χ1n) is 9.93. The third-order valence-corrected chi connectivity index (χ3v) is 5.30. The molecule has 30 heavy (non-hydrogen) atoms. The molecular formula is C23H28N2O5. The highest BCUT2D eigenvalue weighted by Crippen LogP contribution is 2.28. The number of methoxy groups -OCH3 is 3. The molecule has 1 aliphatic heterocycles. The molecule has 1 saturated heterocycles. The number of amides is 2. The Kier molecular flexibility index (Phi) is 7.17. The molecule has 2 aromatic carbocycles. The van der Waals surface area contributed by atoms with Crippen molar-refractivity contribution in [3.8, 4) is 17.2 Å². The van der Waals surface area contributed by atoms with Crippen molar-refractivity contribution in [1.29, 1.82) is 0 Å². The van der Waals surface area contributed by atoms with Gasteiger partial charge in [-0.15, -0.1) is 0 Å². The standard InChI is InChI=1S/C23H28N2O5/c1-28-19-6-4-5-17(11-19)14-24-23(27)18-13-22(26)25(15-18)10-9-16-7-8-20(29-2)21(12-16)30-3/h4-8,11-12,18H,9-10,13-15H2,1-3H3,(H,24,27)/t18-/m0/s1. The van der Waals surface area contributed by atoms with E-state index in [0.29, 0.717) is 37.6 Å². The van der Waals surface area contributed by atoms with E-state index in [1.54, 1.807) is 26.2 Å². The van der Waals surface area contributed by atoms with Crippen LogP contribution in [0.15, 0.2) is 42.5 Å². The van der Waals surface area contributed by atoms with Gasteiger partial charge in [0.15, 0.2) is 11.5 Å². The molecule has 2 aromatic rings. The van der Waals surface area contributed by atoms with Crippen molar-refractivity contribution in [2.24, 2.45) is 5.92 Å². The van der Waals surface area contributed by atoms with Gasteiger partial charge in [0.1, 0.15) is 5.75 Å². The second-order valence-electron chi connectivity index (χ2n) is 7.25. The molecule has 0 aromatic heterocycles. The molecular weight excluding hydrogens is 384 g/mol. The number of carbonyl (C=O) groups is 2. The van der Waals surface area contributed by atoms with Gasteiger partial charge < -0.3 is 24.4 Å². The second-order valence-corrected chi connectivity index (χ2v) is 7.25. The Morgan fingerprint density at radius 3 is 2.57 bits per heavy atom. The molecule has 1 heterocycles. The van der Waals surface area contributed by atoms with Gasteiger partial charge in [-0.05, 0) is 41.8 Å². The van der Waals surface area contributed by atoms with E-state index < -0.39 is 0 Å². The van der Waals surface area contributed by atoms with E-state index in [0.717, 1.165) is 16.9 Å². The van der Waals surface area contributed by atoms with E-state index in [1.807, 2.05) is 42.5 Å². The average molecular weight is 412 g/mol. The summed E-state index contributed by atoms with van der Waals surface area (Å²) < 4.78 is 15.8. The van der Waals surface area contributed by atoms with Gasteiger partial charge >= 0.3 is 0 Å². The fourth-order valence-corrected chi connectivity index (χ4v) is 3.58. The largest absolute Gasteiger partial charge is 0.497 e. The van der Waals surface area contributed by atoms with E-state index in [4.69, 9.17) is 14.2 Å². The zero-order valence-electron chi connectivity index (χ0n) is 17.6. The Hall–Kier alpha value is -3.22. The highest BCUT2D eigenvalue weighted by molar-refractivity contribution is 5.89. The Morgan fingerprint density at radius 2 is 1.83 bits per heavy atom. The topological polar surface area (TPSA) is 77.1 Å². The first kappa shape index (κ1) is 21.5. The molecule has 7 heteroatoms. The van der Waals surface area contributed by atoms with Crippen LogP contribution >= 0.6 is 0 Å². The first-order valence-corrected chi connectivity index (χ1v) is 9.93. The van der Waals surface area contributed by atoms with Gasteiger partial charge in [0.2, 0.25) is 11.8 Å². The fourth-order valence-electron chi connectivity index (χ4n) is 3.58. The SMILES string of the molecule is COc1cccc(CNC(=O)[C@H]2CC(=O)N(CCc3ccc(OC)c(OC)c3)C2)c1. The number of benzene rings is 2. The molecule has 1 aliphatic rings. The van der Waals surface area contributed by atoms with Crippen LogP contribution in [0.3, 0.4) is 0 Å². The number of ether oxygens (including phenoxy) is 3. The number of nitrogens with one attached hydrogen (secondary N) is 1. The van der Waals surface area contributed by atoms with E-state index in [9.17, 15) is 9.59 Å². The van der Waals surface area contributed by atoms with E-state index in [-0.39, 0.29) is 24.2 Å². The van der Waals surface area contributed by atoms with Crippen molar-refractivity contribution in [2.45, 2.75) is 19.4 Å². The van der Waals surface area contributed by atoms with Crippen molar-refractivity contribution >= 4 is 11.8 Å². The summed E-state index contributed by atoms with van der Waals surface area (Å²) in [7, 11) is 4.80. The number of nitrogens with zero attached hydrogens (tertiary/aromatic N) is 1. The number of rotatable bonds is 9. The summed E-state index contributed by atoms with van der Waals surface area (Å²) in [5.74, 6) is 1.67. The maximum absolute atomic E-state index is 12.5. The van der Waals surface area contributed by atoms with Crippen LogP contribution < -0.4 is 19.5 Å². The van der Waals surface area contributed by atoms with Gasteiger partial charge in [0.05, 0.1) is 27.2 Å². The molecule has 3 rings (SSSR count). The highest BCUT2D eigenvalue weighted by atomic mass is 16.5. The summed E-state index contributed by atoms with van der Waals surface area (Å²) in [4.78, 5) is 26.7. The smallest absolute Gasteiger partial charge is 0.225 e. The third kappa shape index (κ3) is 5.23. The quantitative estimate of drug-likeness (QED) is 0.685. The average Bonchev–Trinajstić information content (AvgIpc) is 3.16. The molecule has 160 valence electrons. The van der Waals surface area contributed by atoms with Gasteiger partial charge in [-0.3, -0.25) is 9.59 Å². The van der Waals surface area contributed by atoms with Crippen molar-refractivity contribution in [3.05, 3.63) is 53.6 Å². The predicted octanol–water partition coefficient (Wildman–Crippen LogP) is 2.42. The molecule has 0 bridgehead atoms. The van der Waals surface area contributed by atoms with Gasteiger partial charge in [0, 0.05) is 26.1 Å². The summed E-state index contributed by atoms with van der Waals surface area (Å²) in [5.41, 5.74) is 2.00. The van der Waals surface area contributed by atoms with Crippen LogP contribution in [0, 0.1) is 5.92 Å². The Labute approximate surface area is 176 Å². The minimum atomic E-state index is -0.325. The number of likely N-dealkylation sites (tertiary alicyclic amines) is 1. The maximum Gasteiger partial charge on any atom is 0.225 e. The Balaban J connectivity index is 1.51. The lowest BCUT2D eigenvalue weighted by molar-refractivity contribution is -0.129. The molecule has 0 saturated carbocycles. The fraction of sp³-hybridized carbons (Fsp3) is 0.391. The van der Waals surface area contributed by atoms with Crippen LogP contribution in [0.1, 0.15) is 17.5 Å². The maximum atomic E-state index is 12.5. The molecule has 0 aliphatic carbocycles. The van der Waals surface area contributed by atoms with Crippen molar-refractivity contribution in [2.75, 3.05) is 34.4 Å². The molecule has 0 radical (unpaired) electrons. The van der Waals surface area contributed by atoms with Crippen LogP contribution in [0.5, 0.6) is 17.2 Å². The minimum absolute atomic E-state index is 0.0111. The summed E-state index contributed by atoms with van der Waals surface area (Å²) in [6.07, 6.45) is 0.931. The van der Waals surface area contributed by atoms with Crippen LogP contribution in [0.4, 0.5) is 0 Å². The molecule has 1 fully saturated rings. The van der Waals surface area contributed by atoms with E-state index in [1.165, 1.54) is 0 Å². The zero-order chi connectivity index (χ0) is 21.5. The lowest BCUT2D eigenvalue weighted by Gasteiger charge is -2.17. The monoisotopic (exact) mass is 412 g/mol. The van der Waals surface area contributed by atoms with Crippen molar-refractivity contribution < 1.29 is 23.8 Å². The van der Waals surface area contributed by atoms with E-state index >= 15 is 0 Å². The van der Waals surface area contributed by atoms with Gasteiger partial charge in [-0.2, -0.15) is 0 Å². The van der Waals surface area contributed by atoms with Crippen molar-refractivity contribution in [3.63, 3.8) is 0 Å². The normalized spacial score (nSPS) is 15.8. The molecule has 1 atom stereocenters.